The van der Waals surface area contributed by atoms with Gasteiger partial charge >= 0.3 is 0 Å². The monoisotopic (exact) mass is 275 g/mol. The van der Waals surface area contributed by atoms with Gasteiger partial charge in [0.2, 0.25) is 0 Å². The Morgan fingerprint density at radius 1 is 1.00 bits per heavy atom. The summed E-state index contributed by atoms with van der Waals surface area (Å²) in [6.07, 6.45) is 4.64. The van der Waals surface area contributed by atoms with E-state index in [1.807, 2.05) is 0 Å². The summed E-state index contributed by atoms with van der Waals surface area (Å²) in [5, 5.41) is 3.52. The highest BCUT2D eigenvalue weighted by atomic mass is 16.5. The summed E-state index contributed by atoms with van der Waals surface area (Å²) in [6.45, 7) is 10.4. The Kier molecular flexibility index (Phi) is 14.1. The van der Waals surface area contributed by atoms with Gasteiger partial charge in [-0.05, 0) is 25.8 Å². The van der Waals surface area contributed by atoms with Crippen LogP contribution in [0.3, 0.4) is 0 Å². The van der Waals surface area contributed by atoms with Crippen molar-refractivity contribution in [3.05, 3.63) is 0 Å². The van der Waals surface area contributed by atoms with Crippen LogP contribution in [0.5, 0.6) is 0 Å². The van der Waals surface area contributed by atoms with E-state index >= 15 is 0 Å². The van der Waals surface area contributed by atoms with Gasteiger partial charge in [0.25, 0.3) is 0 Å². The molecule has 0 aliphatic rings. The Morgan fingerprint density at radius 3 is 2.37 bits per heavy atom. The smallest absolute Gasteiger partial charge is 0.0726 e. The molecule has 0 saturated carbocycles. The van der Waals surface area contributed by atoms with Gasteiger partial charge in [0.15, 0.2) is 0 Å². The quantitative estimate of drug-likeness (QED) is 0.495. The summed E-state index contributed by atoms with van der Waals surface area (Å²) in [6, 6.07) is 0.466. The Morgan fingerprint density at radius 2 is 1.79 bits per heavy atom. The molecule has 0 spiro atoms. The van der Waals surface area contributed by atoms with Crippen molar-refractivity contribution < 1.29 is 14.2 Å². The fourth-order valence-corrected chi connectivity index (χ4v) is 2.18. The zero-order valence-electron chi connectivity index (χ0n) is 13.2. The molecule has 1 N–H and O–H groups in total. The van der Waals surface area contributed by atoms with Crippen molar-refractivity contribution in [2.75, 3.05) is 40.1 Å². The van der Waals surface area contributed by atoms with E-state index in [2.05, 4.69) is 26.1 Å². The maximum Gasteiger partial charge on any atom is 0.0726 e. The molecule has 0 bridgehead atoms. The lowest BCUT2D eigenvalue weighted by molar-refractivity contribution is -0.0165. The fraction of sp³-hybridized carbons (Fsp3) is 1.00. The second-order valence-corrected chi connectivity index (χ2v) is 4.73. The summed E-state index contributed by atoms with van der Waals surface area (Å²) in [4.78, 5) is 0. The molecule has 0 aromatic carbocycles. The molecular formula is C15H33NO3. The minimum absolute atomic E-state index is 0.294. The van der Waals surface area contributed by atoms with Crippen LogP contribution < -0.4 is 5.32 Å². The zero-order chi connectivity index (χ0) is 14.3. The molecule has 0 aliphatic heterocycles. The normalized spacial score (nSPS) is 14.5. The third kappa shape index (κ3) is 10.3. The van der Waals surface area contributed by atoms with Gasteiger partial charge in [-0.2, -0.15) is 0 Å². The van der Waals surface area contributed by atoms with Crippen LogP contribution in [0.2, 0.25) is 0 Å². The minimum Gasteiger partial charge on any atom is -0.385 e. The van der Waals surface area contributed by atoms with Gasteiger partial charge in [0, 0.05) is 26.4 Å². The third-order valence-corrected chi connectivity index (χ3v) is 3.11. The second kappa shape index (κ2) is 14.3. The molecule has 0 saturated heterocycles. The highest BCUT2D eigenvalue weighted by Crippen LogP contribution is 2.10. The maximum absolute atomic E-state index is 5.95. The molecule has 4 heteroatoms. The van der Waals surface area contributed by atoms with Gasteiger partial charge in [-0.15, -0.1) is 0 Å². The minimum atomic E-state index is 0.294. The molecule has 4 nitrogen and oxygen atoms in total. The Hall–Kier alpha value is -0.160. The lowest BCUT2D eigenvalue weighted by Crippen LogP contribution is -2.41. The standard InChI is InChI=1S/C15H33NO3/c1-5-9-14(16-7-3)15(6-2)19-13-12-18-11-8-10-17-4/h14-16H,5-13H2,1-4H3. The SMILES string of the molecule is CCCC(NCC)C(CC)OCCOCCCOC. The summed E-state index contributed by atoms with van der Waals surface area (Å²) in [7, 11) is 1.71. The first-order chi connectivity index (χ1) is 9.29. The van der Waals surface area contributed by atoms with Crippen LogP contribution >= 0.6 is 0 Å². The number of likely N-dealkylation sites (N-methyl/N-ethyl adjacent to an activating group) is 1. The highest BCUT2D eigenvalue weighted by Gasteiger charge is 2.18. The van der Waals surface area contributed by atoms with E-state index in [0.29, 0.717) is 25.4 Å². The molecule has 0 heterocycles. The summed E-state index contributed by atoms with van der Waals surface area (Å²) >= 11 is 0. The average molecular weight is 275 g/mol. The zero-order valence-corrected chi connectivity index (χ0v) is 13.2. The molecule has 0 aromatic heterocycles. The van der Waals surface area contributed by atoms with Crippen LogP contribution in [0.15, 0.2) is 0 Å². The van der Waals surface area contributed by atoms with E-state index in [0.717, 1.165) is 32.6 Å². The van der Waals surface area contributed by atoms with Gasteiger partial charge < -0.3 is 19.5 Å². The van der Waals surface area contributed by atoms with Crippen molar-refractivity contribution >= 4 is 0 Å². The fourth-order valence-electron chi connectivity index (χ4n) is 2.18. The molecule has 19 heavy (non-hydrogen) atoms. The van der Waals surface area contributed by atoms with Crippen LogP contribution in [-0.4, -0.2) is 52.2 Å². The number of rotatable bonds is 14. The van der Waals surface area contributed by atoms with Crippen molar-refractivity contribution in [1.82, 2.24) is 5.32 Å². The predicted molar refractivity (Wildman–Crippen MR) is 79.7 cm³/mol. The topological polar surface area (TPSA) is 39.7 Å². The lowest BCUT2D eigenvalue weighted by atomic mass is 10.0. The molecule has 0 aliphatic carbocycles. The van der Waals surface area contributed by atoms with Gasteiger partial charge in [-0.1, -0.05) is 27.2 Å². The van der Waals surface area contributed by atoms with E-state index in [1.54, 1.807) is 7.11 Å². The van der Waals surface area contributed by atoms with Crippen molar-refractivity contribution in [2.45, 2.75) is 58.6 Å². The molecule has 0 aromatic rings. The molecule has 0 amide bonds. The molecule has 0 fully saturated rings. The Balaban J connectivity index is 3.71. The van der Waals surface area contributed by atoms with E-state index in [4.69, 9.17) is 14.2 Å². The predicted octanol–water partition coefficient (Wildman–Crippen LogP) is 2.61. The molecule has 0 radical (unpaired) electrons. The Bertz CT molecular complexity index is 173. The summed E-state index contributed by atoms with van der Waals surface area (Å²) in [5.41, 5.74) is 0. The van der Waals surface area contributed by atoms with Crippen LogP contribution in [-0.2, 0) is 14.2 Å². The van der Waals surface area contributed by atoms with Gasteiger partial charge in [-0.25, -0.2) is 0 Å². The molecule has 2 unspecified atom stereocenters. The van der Waals surface area contributed by atoms with E-state index in [-0.39, 0.29) is 0 Å². The van der Waals surface area contributed by atoms with Crippen LogP contribution in [0.25, 0.3) is 0 Å². The van der Waals surface area contributed by atoms with Crippen molar-refractivity contribution in [3.63, 3.8) is 0 Å². The van der Waals surface area contributed by atoms with E-state index in [9.17, 15) is 0 Å². The number of ether oxygens (including phenoxy) is 3. The van der Waals surface area contributed by atoms with E-state index < -0.39 is 0 Å². The second-order valence-electron chi connectivity index (χ2n) is 4.73. The third-order valence-electron chi connectivity index (χ3n) is 3.11. The number of nitrogens with one attached hydrogen (secondary N) is 1. The first kappa shape index (κ1) is 18.8. The molecule has 116 valence electrons. The van der Waals surface area contributed by atoms with Crippen molar-refractivity contribution in [1.29, 1.82) is 0 Å². The largest absolute Gasteiger partial charge is 0.385 e. The summed E-state index contributed by atoms with van der Waals surface area (Å²) < 4.78 is 16.4. The van der Waals surface area contributed by atoms with Gasteiger partial charge in [-0.3, -0.25) is 0 Å². The van der Waals surface area contributed by atoms with Crippen molar-refractivity contribution in [3.8, 4) is 0 Å². The maximum atomic E-state index is 5.95. The first-order valence-electron chi connectivity index (χ1n) is 7.71. The molecule has 0 rings (SSSR count). The lowest BCUT2D eigenvalue weighted by Gasteiger charge is -2.27. The van der Waals surface area contributed by atoms with Gasteiger partial charge in [0.05, 0.1) is 19.3 Å². The summed E-state index contributed by atoms with van der Waals surface area (Å²) in [5.74, 6) is 0. The highest BCUT2D eigenvalue weighted by molar-refractivity contribution is 4.75. The molecular weight excluding hydrogens is 242 g/mol. The van der Waals surface area contributed by atoms with E-state index in [1.165, 1.54) is 12.8 Å². The average Bonchev–Trinajstić information content (AvgIpc) is 2.42. The van der Waals surface area contributed by atoms with Crippen molar-refractivity contribution in [2.24, 2.45) is 0 Å². The Labute approximate surface area is 119 Å². The van der Waals surface area contributed by atoms with Crippen LogP contribution in [0.4, 0.5) is 0 Å². The number of hydrogen-bond donors (Lipinski definition) is 1. The van der Waals surface area contributed by atoms with Crippen LogP contribution in [0, 0.1) is 0 Å². The number of hydrogen-bond acceptors (Lipinski definition) is 4. The first-order valence-corrected chi connectivity index (χ1v) is 7.71. The number of methoxy groups -OCH3 is 1. The molecule has 2 atom stereocenters. The van der Waals surface area contributed by atoms with Gasteiger partial charge in [0.1, 0.15) is 0 Å². The van der Waals surface area contributed by atoms with Crippen LogP contribution in [0.1, 0.15) is 46.5 Å².